The third-order valence-corrected chi connectivity index (χ3v) is 10.2. The van der Waals surface area contributed by atoms with Gasteiger partial charge < -0.3 is 10.2 Å². The summed E-state index contributed by atoms with van der Waals surface area (Å²) < 4.78 is 0. The summed E-state index contributed by atoms with van der Waals surface area (Å²) in [7, 11) is 0. The number of hydrogen-bond acceptors (Lipinski definition) is 3. The van der Waals surface area contributed by atoms with E-state index in [9.17, 15) is 9.90 Å². The Morgan fingerprint density at radius 3 is 2.50 bits per heavy atom. The molecule has 3 nitrogen and oxygen atoms in total. The zero-order chi connectivity index (χ0) is 20.2. The molecule has 0 aliphatic heterocycles. The van der Waals surface area contributed by atoms with Gasteiger partial charge in [0, 0.05) is 5.92 Å². The number of ketones is 1. The molecule has 4 heteroatoms. The van der Waals surface area contributed by atoms with E-state index < -0.39 is 5.60 Å². The van der Waals surface area contributed by atoms with Gasteiger partial charge in [0.1, 0.15) is 18.0 Å². The van der Waals surface area contributed by atoms with Crippen LogP contribution in [0, 0.1) is 52.3 Å². The number of hydrogen-bond donors (Lipinski definition) is 2. The number of aliphatic hydroxyl groups is 2. The van der Waals surface area contributed by atoms with Crippen molar-refractivity contribution in [3.8, 4) is 11.8 Å². The molecule has 0 radical (unpaired) electrons. The van der Waals surface area contributed by atoms with Crippen molar-refractivity contribution in [1.82, 2.24) is 0 Å². The lowest BCUT2D eigenvalue weighted by Crippen LogP contribution is -2.56. The topological polar surface area (TPSA) is 57.5 Å². The summed E-state index contributed by atoms with van der Waals surface area (Å²) in [5, 5.41) is 20.5. The van der Waals surface area contributed by atoms with Crippen LogP contribution in [0.5, 0.6) is 0 Å². The fourth-order valence-corrected chi connectivity index (χ4v) is 8.58. The Labute approximate surface area is 178 Å². The number of aliphatic hydroxyl groups excluding tert-OH is 1. The maximum absolute atomic E-state index is 12.6. The van der Waals surface area contributed by atoms with Gasteiger partial charge >= 0.3 is 0 Å². The molecule has 0 aromatic rings. The minimum Gasteiger partial charge on any atom is -0.384 e. The van der Waals surface area contributed by atoms with Crippen LogP contribution in [0.4, 0.5) is 0 Å². The fourth-order valence-electron chi connectivity index (χ4n) is 8.19. The highest BCUT2D eigenvalue weighted by Crippen LogP contribution is 2.68. The van der Waals surface area contributed by atoms with Crippen molar-refractivity contribution in [2.75, 3.05) is 11.9 Å². The van der Waals surface area contributed by atoms with Crippen LogP contribution in [0.1, 0.15) is 71.6 Å². The first-order chi connectivity index (χ1) is 13.3. The van der Waals surface area contributed by atoms with Gasteiger partial charge in [-0.25, -0.2) is 0 Å². The van der Waals surface area contributed by atoms with Crippen molar-refractivity contribution in [2.24, 2.45) is 40.4 Å². The molecule has 0 saturated heterocycles. The number of rotatable bonds is 2. The monoisotopic (exact) mass is 450 g/mol. The highest BCUT2D eigenvalue weighted by Gasteiger charge is 2.61. The Bertz CT molecular complexity index is 696. The molecule has 0 aromatic carbocycles. The Morgan fingerprint density at radius 1 is 1.04 bits per heavy atom. The van der Waals surface area contributed by atoms with Crippen LogP contribution in [0.3, 0.4) is 0 Å². The highest BCUT2D eigenvalue weighted by molar-refractivity contribution is 9.09. The molecule has 0 spiro atoms. The standard InChI is InChI=1S/C24H35BrO3/c1-22-11-12-24(28,9-3-13-26)14-16(22)4-5-17-18-6-7-20(21(27)15-25)23(18,2)10-8-19(17)22/h16-20,26,28H,4-8,10-15H2,1-2H3/t16-,17+,18+,19+,20-,22+,23+,24-/m1/s1. The molecule has 4 aliphatic carbocycles. The second-order valence-electron chi connectivity index (χ2n) is 10.6. The molecular weight excluding hydrogens is 416 g/mol. The first-order valence-electron chi connectivity index (χ1n) is 11.2. The van der Waals surface area contributed by atoms with Gasteiger partial charge in [-0.3, -0.25) is 4.79 Å². The first-order valence-corrected chi connectivity index (χ1v) is 12.3. The zero-order valence-corrected chi connectivity index (χ0v) is 18.9. The largest absolute Gasteiger partial charge is 0.384 e. The number of carbonyl (C=O) groups is 1. The summed E-state index contributed by atoms with van der Waals surface area (Å²) in [6, 6.07) is 0. The van der Waals surface area contributed by atoms with Gasteiger partial charge in [-0.2, -0.15) is 0 Å². The van der Waals surface area contributed by atoms with E-state index in [4.69, 9.17) is 5.11 Å². The predicted octanol–water partition coefficient (Wildman–Crippen LogP) is 4.34. The summed E-state index contributed by atoms with van der Waals surface area (Å²) in [5.41, 5.74) is -0.435. The fraction of sp³-hybridized carbons (Fsp3) is 0.875. The Hall–Kier alpha value is -0.370. The molecule has 0 unspecified atom stereocenters. The van der Waals surface area contributed by atoms with E-state index in [1.54, 1.807) is 0 Å². The van der Waals surface area contributed by atoms with Crippen LogP contribution in [0.2, 0.25) is 0 Å². The first kappa shape index (κ1) is 20.9. The van der Waals surface area contributed by atoms with E-state index >= 15 is 0 Å². The van der Waals surface area contributed by atoms with Gasteiger partial charge in [-0.05, 0) is 92.3 Å². The van der Waals surface area contributed by atoms with Gasteiger partial charge in [-0.1, -0.05) is 41.6 Å². The normalized spacial score (nSPS) is 50.0. The average Bonchev–Trinajstić information content (AvgIpc) is 3.04. The van der Waals surface area contributed by atoms with Crippen LogP contribution in [0.25, 0.3) is 0 Å². The lowest BCUT2D eigenvalue weighted by molar-refractivity contribution is -0.144. The third-order valence-electron chi connectivity index (χ3n) is 9.65. The smallest absolute Gasteiger partial charge is 0.147 e. The molecule has 4 aliphatic rings. The van der Waals surface area contributed by atoms with E-state index in [0.717, 1.165) is 37.5 Å². The van der Waals surface area contributed by atoms with E-state index in [1.807, 2.05) is 0 Å². The van der Waals surface area contributed by atoms with Crippen molar-refractivity contribution < 1.29 is 15.0 Å². The third kappa shape index (κ3) is 3.12. The minimum absolute atomic E-state index is 0.177. The van der Waals surface area contributed by atoms with Crippen molar-refractivity contribution in [3.05, 3.63) is 0 Å². The maximum atomic E-state index is 12.6. The summed E-state index contributed by atoms with van der Waals surface area (Å²) in [4.78, 5) is 12.6. The summed E-state index contributed by atoms with van der Waals surface area (Å²) in [6.07, 6.45) is 9.63. The van der Waals surface area contributed by atoms with Crippen LogP contribution < -0.4 is 0 Å². The summed E-state index contributed by atoms with van der Waals surface area (Å²) >= 11 is 3.42. The highest BCUT2D eigenvalue weighted by atomic mass is 79.9. The SMILES string of the molecule is C[C@]12CC[C@](O)(C#CCO)C[C@H]1CC[C@@H]1[C@@H]2CC[C@]2(C)[C@@H](C(=O)CBr)CC[C@@H]12. The summed E-state index contributed by atoms with van der Waals surface area (Å²) in [5.74, 6) is 8.97. The van der Waals surface area contributed by atoms with Crippen LogP contribution >= 0.6 is 15.9 Å². The molecule has 4 rings (SSSR count). The van der Waals surface area contributed by atoms with Gasteiger partial charge in [0.05, 0.1) is 5.33 Å². The lowest BCUT2D eigenvalue weighted by atomic mass is 9.44. The molecule has 8 atom stereocenters. The Morgan fingerprint density at radius 2 is 1.79 bits per heavy atom. The molecule has 4 saturated carbocycles. The van der Waals surface area contributed by atoms with E-state index in [0.29, 0.717) is 22.9 Å². The number of alkyl halides is 1. The molecule has 156 valence electrons. The lowest BCUT2D eigenvalue weighted by Gasteiger charge is -2.61. The number of carbonyl (C=O) groups excluding carboxylic acids is 1. The number of Topliss-reactive ketones (excluding diaryl/α,β-unsaturated/α-hetero) is 1. The van der Waals surface area contributed by atoms with E-state index in [2.05, 4.69) is 41.6 Å². The van der Waals surface area contributed by atoms with Crippen LogP contribution in [-0.4, -0.2) is 33.5 Å². The van der Waals surface area contributed by atoms with Crippen molar-refractivity contribution in [3.63, 3.8) is 0 Å². The Kier molecular flexibility index (Phi) is 5.52. The van der Waals surface area contributed by atoms with Crippen molar-refractivity contribution in [1.29, 1.82) is 0 Å². The van der Waals surface area contributed by atoms with Crippen LogP contribution in [-0.2, 0) is 4.79 Å². The second kappa shape index (κ2) is 7.40. The van der Waals surface area contributed by atoms with Crippen molar-refractivity contribution >= 4 is 21.7 Å². The Balaban J connectivity index is 1.56. The van der Waals surface area contributed by atoms with Gasteiger partial charge in [0.25, 0.3) is 0 Å². The quantitative estimate of drug-likeness (QED) is 0.485. The molecule has 2 N–H and O–H groups in total. The molecule has 0 amide bonds. The number of halogens is 1. The molecular formula is C24H35BrO3. The number of fused-ring (bicyclic) bond motifs is 5. The van der Waals surface area contributed by atoms with E-state index in [1.165, 1.54) is 32.1 Å². The van der Waals surface area contributed by atoms with Gasteiger partial charge in [0.15, 0.2) is 0 Å². The zero-order valence-electron chi connectivity index (χ0n) is 17.3. The second-order valence-corrected chi connectivity index (χ2v) is 11.2. The molecule has 0 bridgehead atoms. The molecule has 0 heterocycles. The van der Waals surface area contributed by atoms with E-state index in [-0.39, 0.29) is 23.4 Å². The molecule has 28 heavy (non-hydrogen) atoms. The van der Waals surface area contributed by atoms with Crippen LogP contribution in [0.15, 0.2) is 0 Å². The molecule has 0 aromatic heterocycles. The molecule has 4 fully saturated rings. The minimum atomic E-state index is -0.913. The predicted molar refractivity (Wildman–Crippen MR) is 114 cm³/mol. The average molecular weight is 451 g/mol. The maximum Gasteiger partial charge on any atom is 0.147 e. The van der Waals surface area contributed by atoms with Gasteiger partial charge in [-0.15, -0.1) is 0 Å². The van der Waals surface area contributed by atoms with Crippen molar-refractivity contribution in [2.45, 2.75) is 77.2 Å². The van der Waals surface area contributed by atoms with Gasteiger partial charge in [0.2, 0.25) is 0 Å². The summed E-state index contributed by atoms with van der Waals surface area (Å²) in [6.45, 7) is 4.71.